The van der Waals surface area contributed by atoms with Gasteiger partial charge in [0.05, 0.1) is 13.2 Å². The fourth-order valence-electron chi connectivity index (χ4n) is 2.27. The van der Waals surface area contributed by atoms with Gasteiger partial charge in [0.25, 0.3) is 5.91 Å². The minimum atomic E-state index is -0.269. The van der Waals surface area contributed by atoms with Crippen LogP contribution in [0.5, 0.6) is 11.5 Å². The van der Waals surface area contributed by atoms with Gasteiger partial charge in [-0.2, -0.15) is 0 Å². The number of hydrogen-bond acceptors (Lipinski definition) is 4. The highest BCUT2D eigenvalue weighted by atomic mass is 32.1. The molecule has 0 aliphatic carbocycles. The molecular weight excluding hydrogens is 372 g/mol. The first-order valence-electron chi connectivity index (χ1n) is 9.56. The predicted octanol–water partition coefficient (Wildman–Crippen LogP) is 5.03. The van der Waals surface area contributed by atoms with Crippen LogP contribution in [0.2, 0.25) is 0 Å². The summed E-state index contributed by atoms with van der Waals surface area (Å²) in [6, 6.07) is 14.5. The summed E-state index contributed by atoms with van der Waals surface area (Å²) in [5.41, 5.74) is 1.30. The molecule has 0 unspecified atom stereocenters. The number of amides is 1. The quantitative estimate of drug-likeness (QED) is 0.457. The summed E-state index contributed by atoms with van der Waals surface area (Å²) in [7, 11) is 0. The van der Waals surface area contributed by atoms with Crippen molar-refractivity contribution in [3.05, 3.63) is 54.1 Å². The number of rotatable bonds is 9. The Morgan fingerprint density at radius 1 is 1.00 bits per heavy atom. The topological polar surface area (TPSA) is 59.6 Å². The summed E-state index contributed by atoms with van der Waals surface area (Å²) in [5, 5.41) is 5.92. The third kappa shape index (κ3) is 7.56. The number of thiocarbonyl (C=S) groups is 1. The van der Waals surface area contributed by atoms with E-state index >= 15 is 0 Å². The summed E-state index contributed by atoms with van der Waals surface area (Å²) in [6.07, 6.45) is 2.09. The first kappa shape index (κ1) is 21.7. The standard InChI is InChI=1S/C22H28N2O3S/c1-4-5-14-26-19-10-6-17(7-11-19)21(25)24-22(28)23-18-8-12-20(13-9-18)27-15-16(2)3/h6-13,16H,4-5,14-15H2,1-3H3,(H2,23,24,25,28). The van der Waals surface area contributed by atoms with E-state index in [1.165, 1.54) is 0 Å². The average molecular weight is 401 g/mol. The zero-order valence-electron chi connectivity index (χ0n) is 16.7. The maximum Gasteiger partial charge on any atom is 0.257 e. The van der Waals surface area contributed by atoms with Crippen molar-refractivity contribution in [2.75, 3.05) is 18.5 Å². The number of carbonyl (C=O) groups is 1. The molecule has 28 heavy (non-hydrogen) atoms. The summed E-state index contributed by atoms with van der Waals surface area (Å²) >= 11 is 5.23. The van der Waals surface area contributed by atoms with Gasteiger partial charge < -0.3 is 14.8 Å². The molecule has 0 spiro atoms. The SMILES string of the molecule is CCCCOc1ccc(C(=O)NC(=S)Nc2ccc(OCC(C)C)cc2)cc1. The molecular formula is C22H28N2O3S. The van der Waals surface area contributed by atoms with Gasteiger partial charge in [0.1, 0.15) is 11.5 Å². The van der Waals surface area contributed by atoms with E-state index in [0.29, 0.717) is 24.7 Å². The molecule has 2 rings (SSSR count). The summed E-state index contributed by atoms with van der Waals surface area (Å²) < 4.78 is 11.3. The Bertz CT molecular complexity index is 758. The number of anilines is 1. The number of unbranched alkanes of at least 4 members (excludes halogenated alkanes) is 1. The van der Waals surface area contributed by atoms with Crippen molar-refractivity contribution in [1.29, 1.82) is 0 Å². The highest BCUT2D eigenvalue weighted by Crippen LogP contribution is 2.17. The van der Waals surface area contributed by atoms with E-state index in [9.17, 15) is 4.79 Å². The van der Waals surface area contributed by atoms with E-state index in [2.05, 4.69) is 31.4 Å². The van der Waals surface area contributed by atoms with Gasteiger partial charge in [-0.05, 0) is 73.1 Å². The van der Waals surface area contributed by atoms with Crippen LogP contribution in [-0.4, -0.2) is 24.2 Å². The number of hydrogen-bond donors (Lipinski definition) is 2. The van der Waals surface area contributed by atoms with Crippen molar-refractivity contribution < 1.29 is 14.3 Å². The molecule has 0 saturated heterocycles. The molecule has 0 fully saturated rings. The van der Waals surface area contributed by atoms with Crippen LogP contribution < -0.4 is 20.1 Å². The minimum absolute atomic E-state index is 0.240. The van der Waals surface area contributed by atoms with Gasteiger partial charge in [-0.1, -0.05) is 27.2 Å². The van der Waals surface area contributed by atoms with Crippen LogP contribution in [0.4, 0.5) is 5.69 Å². The van der Waals surface area contributed by atoms with Crippen molar-refractivity contribution in [3.63, 3.8) is 0 Å². The van der Waals surface area contributed by atoms with Crippen LogP contribution in [0.25, 0.3) is 0 Å². The summed E-state index contributed by atoms with van der Waals surface area (Å²) in [4.78, 5) is 12.3. The molecule has 6 heteroatoms. The molecule has 2 aromatic carbocycles. The van der Waals surface area contributed by atoms with Crippen LogP contribution in [0.15, 0.2) is 48.5 Å². The smallest absolute Gasteiger partial charge is 0.257 e. The Balaban J connectivity index is 1.82. The van der Waals surface area contributed by atoms with Crippen molar-refractivity contribution in [2.45, 2.75) is 33.6 Å². The van der Waals surface area contributed by atoms with Crippen molar-refractivity contribution >= 4 is 28.9 Å². The first-order valence-corrected chi connectivity index (χ1v) is 9.96. The molecule has 2 aromatic rings. The van der Waals surface area contributed by atoms with E-state index in [1.54, 1.807) is 24.3 Å². The van der Waals surface area contributed by atoms with Crippen LogP contribution in [-0.2, 0) is 0 Å². The van der Waals surface area contributed by atoms with Crippen LogP contribution >= 0.6 is 12.2 Å². The zero-order valence-corrected chi connectivity index (χ0v) is 17.5. The molecule has 0 bridgehead atoms. The van der Waals surface area contributed by atoms with E-state index < -0.39 is 0 Å². The molecule has 5 nitrogen and oxygen atoms in total. The summed E-state index contributed by atoms with van der Waals surface area (Å²) in [6.45, 7) is 7.66. The van der Waals surface area contributed by atoms with Crippen LogP contribution in [0.1, 0.15) is 44.0 Å². The molecule has 1 amide bonds. The Morgan fingerprint density at radius 3 is 2.21 bits per heavy atom. The van der Waals surface area contributed by atoms with Crippen molar-refractivity contribution in [2.24, 2.45) is 5.92 Å². The highest BCUT2D eigenvalue weighted by Gasteiger charge is 2.08. The van der Waals surface area contributed by atoms with Gasteiger partial charge in [-0.25, -0.2) is 0 Å². The Labute approximate surface area is 172 Å². The normalized spacial score (nSPS) is 10.4. The second-order valence-corrected chi connectivity index (χ2v) is 7.27. The lowest BCUT2D eigenvalue weighted by atomic mass is 10.2. The summed E-state index contributed by atoms with van der Waals surface area (Å²) in [5.74, 6) is 1.76. The molecule has 0 aromatic heterocycles. The lowest BCUT2D eigenvalue weighted by molar-refractivity contribution is 0.0977. The van der Waals surface area contributed by atoms with Gasteiger partial charge in [-0.3, -0.25) is 10.1 Å². The van der Waals surface area contributed by atoms with Gasteiger partial charge >= 0.3 is 0 Å². The monoisotopic (exact) mass is 400 g/mol. The van der Waals surface area contributed by atoms with Gasteiger partial charge in [0.15, 0.2) is 5.11 Å². The first-order chi connectivity index (χ1) is 13.5. The van der Waals surface area contributed by atoms with E-state index in [-0.39, 0.29) is 11.0 Å². The molecule has 0 aliphatic heterocycles. The molecule has 150 valence electrons. The average Bonchev–Trinajstić information content (AvgIpc) is 2.68. The van der Waals surface area contributed by atoms with Crippen LogP contribution in [0, 0.1) is 5.92 Å². The van der Waals surface area contributed by atoms with Gasteiger partial charge in [-0.15, -0.1) is 0 Å². The second-order valence-electron chi connectivity index (χ2n) is 6.86. The maximum atomic E-state index is 12.3. The molecule has 0 radical (unpaired) electrons. The Morgan fingerprint density at radius 2 is 1.61 bits per heavy atom. The molecule has 2 N–H and O–H groups in total. The Hall–Kier alpha value is -2.60. The second kappa shape index (κ2) is 11.3. The third-order valence-corrected chi connectivity index (χ3v) is 4.01. The number of carbonyl (C=O) groups excluding carboxylic acids is 1. The molecule has 0 heterocycles. The Kier molecular flexibility index (Phi) is 8.75. The van der Waals surface area contributed by atoms with Gasteiger partial charge in [0, 0.05) is 11.3 Å². The van der Waals surface area contributed by atoms with E-state index in [0.717, 1.165) is 30.0 Å². The van der Waals surface area contributed by atoms with Crippen LogP contribution in [0.3, 0.4) is 0 Å². The van der Waals surface area contributed by atoms with Gasteiger partial charge in [0.2, 0.25) is 0 Å². The fourth-order valence-corrected chi connectivity index (χ4v) is 2.48. The predicted molar refractivity (Wildman–Crippen MR) is 117 cm³/mol. The van der Waals surface area contributed by atoms with Crippen molar-refractivity contribution in [3.8, 4) is 11.5 Å². The van der Waals surface area contributed by atoms with Crippen molar-refractivity contribution in [1.82, 2.24) is 5.32 Å². The lowest BCUT2D eigenvalue weighted by Crippen LogP contribution is -2.34. The lowest BCUT2D eigenvalue weighted by Gasteiger charge is -2.12. The van der Waals surface area contributed by atoms with E-state index in [4.69, 9.17) is 21.7 Å². The highest BCUT2D eigenvalue weighted by molar-refractivity contribution is 7.80. The molecule has 0 saturated carbocycles. The molecule has 0 aliphatic rings. The number of ether oxygens (including phenoxy) is 2. The van der Waals surface area contributed by atoms with E-state index in [1.807, 2.05) is 24.3 Å². The maximum absolute atomic E-state index is 12.3. The largest absolute Gasteiger partial charge is 0.494 e. The minimum Gasteiger partial charge on any atom is -0.494 e. The fraction of sp³-hybridized carbons (Fsp3) is 0.364. The zero-order chi connectivity index (χ0) is 20.4. The number of benzene rings is 2. The third-order valence-electron chi connectivity index (χ3n) is 3.81. The molecule has 0 atom stereocenters. The number of nitrogens with one attached hydrogen (secondary N) is 2.